The molecule has 0 aliphatic carbocycles. The highest BCUT2D eigenvalue weighted by molar-refractivity contribution is 6.34. The molecule has 4 rings (SSSR count). The topological polar surface area (TPSA) is 93.1 Å². The molecule has 1 aromatic rings. The second kappa shape index (κ2) is 5.39. The molecule has 7 nitrogen and oxygen atoms in total. The van der Waals surface area contributed by atoms with Gasteiger partial charge in [-0.15, -0.1) is 0 Å². The highest BCUT2D eigenvalue weighted by Crippen LogP contribution is 2.52. The second-order valence-electron chi connectivity index (χ2n) is 6.23. The molecule has 25 heavy (non-hydrogen) atoms. The molecule has 130 valence electrons. The molecule has 0 radical (unpaired) electrons. The molecule has 1 aromatic carbocycles. The van der Waals surface area contributed by atoms with Crippen molar-refractivity contribution in [3.8, 4) is 0 Å². The largest absolute Gasteiger partial charge is 0.465 e. The van der Waals surface area contributed by atoms with E-state index in [1.165, 1.54) is 25.3 Å². The van der Waals surface area contributed by atoms with Crippen molar-refractivity contribution in [3.05, 3.63) is 40.9 Å². The molecule has 0 aromatic heterocycles. The van der Waals surface area contributed by atoms with Gasteiger partial charge in [-0.3, -0.25) is 9.59 Å². The van der Waals surface area contributed by atoms with Crippen molar-refractivity contribution >= 4 is 35.1 Å². The van der Waals surface area contributed by atoms with Crippen LogP contribution in [0.1, 0.15) is 10.4 Å². The summed E-state index contributed by atoms with van der Waals surface area (Å²) in [5.74, 6) is -3.01. The van der Waals surface area contributed by atoms with Crippen LogP contribution in [0.25, 0.3) is 0 Å². The lowest BCUT2D eigenvalue weighted by Crippen LogP contribution is -2.43. The zero-order valence-corrected chi connectivity index (χ0v) is 13.9. The lowest BCUT2D eigenvalue weighted by atomic mass is 9.77. The number of halogens is 1. The van der Waals surface area contributed by atoms with Gasteiger partial charge in [-0.05, 0) is 18.2 Å². The minimum absolute atomic E-state index is 0.0635. The van der Waals surface area contributed by atoms with Crippen LogP contribution in [0.15, 0.2) is 30.4 Å². The maximum atomic E-state index is 12.9. The zero-order valence-electron chi connectivity index (χ0n) is 13.1. The Morgan fingerprint density at radius 2 is 2.16 bits per heavy atom. The Labute approximate surface area is 147 Å². The lowest BCUT2D eigenvalue weighted by Gasteiger charge is -2.26. The van der Waals surface area contributed by atoms with Crippen LogP contribution in [-0.4, -0.2) is 48.3 Å². The third-order valence-corrected chi connectivity index (χ3v) is 5.35. The highest BCUT2D eigenvalue weighted by Gasteiger charge is 2.67. The van der Waals surface area contributed by atoms with Gasteiger partial charge in [0.25, 0.3) is 0 Å². The van der Waals surface area contributed by atoms with Crippen LogP contribution in [0, 0.1) is 11.8 Å². The van der Waals surface area contributed by atoms with E-state index in [2.05, 4.69) is 4.74 Å². The molecule has 2 amide bonds. The van der Waals surface area contributed by atoms with Gasteiger partial charge in [0.15, 0.2) is 0 Å². The third-order valence-electron chi connectivity index (χ3n) is 5.02. The number of anilines is 1. The summed E-state index contributed by atoms with van der Waals surface area (Å²) in [5, 5.41) is 9.86. The number of amides is 2. The number of carbonyl (C=O) groups excluding carboxylic acids is 3. The predicted octanol–water partition coefficient (Wildman–Crippen LogP) is 0.932. The molecule has 0 saturated carbocycles. The van der Waals surface area contributed by atoms with Crippen molar-refractivity contribution < 1.29 is 29.0 Å². The average Bonchev–Trinajstić information content (AvgIpc) is 3.26. The monoisotopic (exact) mass is 363 g/mol. The summed E-state index contributed by atoms with van der Waals surface area (Å²) in [5.41, 5.74) is -0.857. The zero-order chi connectivity index (χ0) is 17.9. The predicted molar refractivity (Wildman–Crippen MR) is 86.1 cm³/mol. The number of aliphatic hydroxyl groups excluding tert-OH is 1. The van der Waals surface area contributed by atoms with Crippen molar-refractivity contribution in [1.29, 1.82) is 0 Å². The van der Waals surface area contributed by atoms with E-state index >= 15 is 0 Å². The number of carbonyl (C=O) groups is 3. The van der Waals surface area contributed by atoms with Crippen molar-refractivity contribution in [3.63, 3.8) is 0 Å². The Morgan fingerprint density at radius 1 is 1.40 bits per heavy atom. The molecule has 0 spiro atoms. The van der Waals surface area contributed by atoms with Crippen LogP contribution < -0.4 is 4.90 Å². The summed E-state index contributed by atoms with van der Waals surface area (Å²) in [7, 11) is 1.22. The SMILES string of the molecule is COC(=O)c1cc(N2C(=O)C3C4C=CC(CO)(O4)C3C2=O)ccc1Cl. The van der Waals surface area contributed by atoms with Gasteiger partial charge >= 0.3 is 5.97 Å². The fraction of sp³-hybridized carbons (Fsp3) is 0.353. The molecular formula is C17H14ClNO6. The van der Waals surface area contributed by atoms with Crippen LogP contribution in [0.4, 0.5) is 5.69 Å². The maximum Gasteiger partial charge on any atom is 0.339 e. The summed E-state index contributed by atoms with van der Waals surface area (Å²) in [6, 6.07) is 4.28. The number of methoxy groups -OCH3 is 1. The van der Waals surface area contributed by atoms with Crippen molar-refractivity contribution in [1.82, 2.24) is 0 Å². The van der Waals surface area contributed by atoms with E-state index in [1.807, 2.05) is 0 Å². The number of esters is 1. The molecule has 2 saturated heterocycles. The molecule has 8 heteroatoms. The molecule has 3 aliphatic heterocycles. The first-order valence-corrected chi connectivity index (χ1v) is 8.05. The average molecular weight is 364 g/mol. The first-order valence-electron chi connectivity index (χ1n) is 7.67. The smallest absolute Gasteiger partial charge is 0.339 e. The summed E-state index contributed by atoms with van der Waals surface area (Å²) in [6.45, 7) is -0.387. The van der Waals surface area contributed by atoms with E-state index in [4.69, 9.17) is 16.3 Å². The number of imide groups is 1. The fourth-order valence-electron chi connectivity index (χ4n) is 3.86. The Hall–Kier alpha value is -2.22. The molecule has 3 heterocycles. The number of benzene rings is 1. The Balaban J connectivity index is 1.75. The normalized spacial score (nSPS) is 32.4. The van der Waals surface area contributed by atoms with Gasteiger partial charge < -0.3 is 14.6 Å². The number of ether oxygens (including phenoxy) is 2. The fourth-order valence-corrected chi connectivity index (χ4v) is 4.05. The Morgan fingerprint density at radius 3 is 2.84 bits per heavy atom. The molecular weight excluding hydrogens is 350 g/mol. The van der Waals surface area contributed by atoms with Gasteiger partial charge in [0, 0.05) is 0 Å². The number of hydrogen-bond acceptors (Lipinski definition) is 6. The summed E-state index contributed by atoms with van der Waals surface area (Å²) < 4.78 is 10.3. The number of aliphatic hydroxyl groups is 1. The standard InChI is InChI=1S/C17H14ClNO6/c1-24-16(23)9-6-8(2-3-10(9)18)19-14(21)12-11-4-5-17(7-20,25-11)13(12)15(19)22/h2-6,11-13,20H,7H2,1H3. The van der Waals surface area contributed by atoms with Crippen LogP contribution in [0.3, 0.4) is 0 Å². The van der Waals surface area contributed by atoms with Gasteiger partial charge in [0.1, 0.15) is 5.60 Å². The number of hydrogen-bond donors (Lipinski definition) is 1. The van der Waals surface area contributed by atoms with E-state index in [0.29, 0.717) is 0 Å². The van der Waals surface area contributed by atoms with Crippen molar-refractivity contribution in [2.75, 3.05) is 18.6 Å². The summed E-state index contributed by atoms with van der Waals surface area (Å²) in [6.07, 6.45) is 2.81. The second-order valence-corrected chi connectivity index (χ2v) is 6.63. The van der Waals surface area contributed by atoms with Gasteiger partial charge in [0.05, 0.1) is 47.9 Å². The molecule has 4 atom stereocenters. The van der Waals surface area contributed by atoms with Crippen LogP contribution in [0.2, 0.25) is 5.02 Å². The molecule has 3 aliphatic rings. The Kier molecular flexibility index (Phi) is 3.50. The van der Waals surface area contributed by atoms with Crippen molar-refractivity contribution in [2.45, 2.75) is 11.7 Å². The Bertz CT molecular complexity index is 836. The lowest BCUT2D eigenvalue weighted by molar-refractivity contribution is -0.128. The number of fused-ring (bicyclic) bond motifs is 5. The molecule has 4 unspecified atom stereocenters. The highest BCUT2D eigenvalue weighted by atomic mass is 35.5. The summed E-state index contributed by atoms with van der Waals surface area (Å²) >= 11 is 5.99. The van der Waals surface area contributed by atoms with E-state index in [1.54, 1.807) is 12.2 Å². The first-order chi connectivity index (χ1) is 11.9. The van der Waals surface area contributed by atoms with Crippen LogP contribution in [0.5, 0.6) is 0 Å². The summed E-state index contributed by atoms with van der Waals surface area (Å²) in [4.78, 5) is 38.6. The molecule has 2 fully saturated rings. The van der Waals surface area contributed by atoms with Crippen LogP contribution >= 0.6 is 11.6 Å². The van der Waals surface area contributed by atoms with Gasteiger partial charge in [-0.1, -0.05) is 23.8 Å². The number of nitrogens with zero attached hydrogens (tertiary/aromatic N) is 1. The van der Waals surface area contributed by atoms with Gasteiger partial charge in [-0.2, -0.15) is 0 Å². The van der Waals surface area contributed by atoms with Gasteiger partial charge in [-0.25, -0.2) is 9.69 Å². The van der Waals surface area contributed by atoms with E-state index < -0.39 is 41.3 Å². The minimum Gasteiger partial charge on any atom is -0.465 e. The van der Waals surface area contributed by atoms with E-state index in [0.717, 1.165) is 4.90 Å². The van der Waals surface area contributed by atoms with Gasteiger partial charge in [0.2, 0.25) is 11.8 Å². The van der Waals surface area contributed by atoms with E-state index in [-0.39, 0.29) is 22.9 Å². The van der Waals surface area contributed by atoms with Crippen LogP contribution in [-0.2, 0) is 19.1 Å². The minimum atomic E-state index is -1.16. The maximum absolute atomic E-state index is 12.9. The van der Waals surface area contributed by atoms with Crippen molar-refractivity contribution in [2.24, 2.45) is 11.8 Å². The number of rotatable bonds is 3. The molecule has 2 bridgehead atoms. The van der Waals surface area contributed by atoms with E-state index in [9.17, 15) is 19.5 Å². The third kappa shape index (κ3) is 2.03. The quantitative estimate of drug-likeness (QED) is 0.488. The first kappa shape index (κ1) is 16.3. The molecule has 1 N–H and O–H groups in total.